The molecule has 0 radical (unpaired) electrons. The van der Waals surface area contributed by atoms with Gasteiger partial charge in [0.2, 0.25) is 5.89 Å². The van der Waals surface area contributed by atoms with Crippen molar-refractivity contribution in [3.05, 3.63) is 17.8 Å². The van der Waals surface area contributed by atoms with Gasteiger partial charge in [-0.3, -0.25) is 4.90 Å². The van der Waals surface area contributed by atoms with Crippen molar-refractivity contribution in [2.75, 3.05) is 19.6 Å². The molecule has 0 aliphatic carbocycles. The molecule has 2 fully saturated rings. The minimum atomic E-state index is 0.0425. The molecule has 0 saturated carbocycles. The summed E-state index contributed by atoms with van der Waals surface area (Å²) < 4.78 is 5.96. The quantitative estimate of drug-likeness (QED) is 0.921. The van der Waals surface area contributed by atoms with Crippen LogP contribution < -0.4 is 5.32 Å². The Labute approximate surface area is 121 Å². The molecule has 0 spiro atoms. The fraction of sp³-hybridized carbons (Fsp3) is 0.812. The molecule has 3 atom stereocenters. The zero-order valence-corrected chi connectivity index (χ0v) is 13.1. The van der Waals surface area contributed by atoms with Crippen LogP contribution in [0.5, 0.6) is 0 Å². The number of rotatable bonds is 3. The van der Waals surface area contributed by atoms with Crippen LogP contribution in [0, 0.1) is 11.8 Å². The van der Waals surface area contributed by atoms with E-state index in [4.69, 9.17) is 4.42 Å². The first kappa shape index (κ1) is 14.1. The Morgan fingerprint density at radius 1 is 1.40 bits per heavy atom. The van der Waals surface area contributed by atoms with Crippen molar-refractivity contribution in [2.45, 2.75) is 52.1 Å². The molecule has 0 aromatic carbocycles. The van der Waals surface area contributed by atoms with Crippen molar-refractivity contribution >= 4 is 0 Å². The molecular formula is C16H27N3O. The number of nitrogens with zero attached hydrogens (tertiary/aromatic N) is 2. The first-order valence-corrected chi connectivity index (χ1v) is 7.89. The lowest BCUT2D eigenvalue weighted by Gasteiger charge is -2.25. The van der Waals surface area contributed by atoms with Gasteiger partial charge in [0.05, 0.1) is 12.7 Å². The molecule has 3 heterocycles. The van der Waals surface area contributed by atoms with E-state index in [9.17, 15) is 0 Å². The highest BCUT2D eigenvalue weighted by atomic mass is 16.4. The summed E-state index contributed by atoms with van der Waals surface area (Å²) in [4.78, 5) is 7.06. The van der Waals surface area contributed by atoms with E-state index in [-0.39, 0.29) is 5.41 Å². The van der Waals surface area contributed by atoms with E-state index in [0.29, 0.717) is 6.04 Å². The highest BCUT2D eigenvalue weighted by molar-refractivity contribution is 5.07. The van der Waals surface area contributed by atoms with Gasteiger partial charge >= 0.3 is 0 Å². The maximum absolute atomic E-state index is 5.96. The molecule has 2 saturated heterocycles. The number of nitrogens with one attached hydrogen (secondary N) is 1. The number of hydrogen-bond donors (Lipinski definition) is 1. The number of hydrogen-bond acceptors (Lipinski definition) is 4. The molecule has 4 nitrogen and oxygen atoms in total. The minimum absolute atomic E-state index is 0.0425. The van der Waals surface area contributed by atoms with E-state index >= 15 is 0 Å². The van der Waals surface area contributed by atoms with E-state index in [0.717, 1.165) is 30.0 Å². The second-order valence-corrected chi connectivity index (χ2v) is 7.36. The predicted molar refractivity (Wildman–Crippen MR) is 79.5 cm³/mol. The zero-order valence-electron chi connectivity index (χ0n) is 13.1. The Morgan fingerprint density at radius 2 is 2.20 bits per heavy atom. The van der Waals surface area contributed by atoms with Gasteiger partial charge in [-0.25, -0.2) is 4.98 Å². The molecule has 112 valence electrons. The van der Waals surface area contributed by atoms with Crippen molar-refractivity contribution in [1.29, 1.82) is 0 Å². The van der Waals surface area contributed by atoms with Gasteiger partial charge < -0.3 is 9.73 Å². The van der Waals surface area contributed by atoms with E-state index < -0.39 is 0 Å². The van der Waals surface area contributed by atoms with Crippen LogP contribution in [0.1, 0.15) is 45.8 Å². The lowest BCUT2D eigenvalue weighted by Crippen LogP contribution is -2.34. The normalized spacial score (nSPS) is 30.9. The minimum Gasteiger partial charge on any atom is -0.444 e. The van der Waals surface area contributed by atoms with Gasteiger partial charge in [0.25, 0.3) is 0 Å². The Hall–Kier alpha value is -0.870. The average molecular weight is 277 g/mol. The summed E-state index contributed by atoms with van der Waals surface area (Å²) >= 11 is 0. The van der Waals surface area contributed by atoms with Gasteiger partial charge in [-0.2, -0.15) is 0 Å². The third-order valence-corrected chi connectivity index (χ3v) is 4.87. The van der Waals surface area contributed by atoms with Gasteiger partial charge in [-0.1, -0.05) is 27.7 Å². The molecule has 20 heavy (non-hydrogen) atoms. The van der Waals surface area contributed by atoms with Gasteiger partial charge in [0, 0.05) is 18.0 Å². The summed E-state index contributed by atoms with van der Waals surface area (Å²) in [5.41, 5.74) is 0.0425. The Kier molecular flexibility index (Phi) is 3.63. The maximum Gasteiger partial charge on any atom is 0.208 e. The van der Waals surface area contributed by atoms with Gasteiger partial charge in [0.1, 0.15) is 5.76 Å². The highest BCUT2D eigenvalue weighted by Crippen LogP contribution is 2.35. The van der Waals surface area contributed by atoms with Gasteiger partial charge in [-0.05, 0) is 31.3 Å². The molecule has 1 aromatic rings. The summed E-state index contributed by atoms with van der Waals surface area (Å²) in [7, 11) is 0. The lowest BCUT2D eigenvalue weighted by molar-refractivity contribution is 0.188. The van der Waals surface area contributed by atoms with Crippen molar-refractivity contribution in [3.63, 3.8) is 0 Å². The molecule has 0 amide bonds. The Bertz CT molecular complexity index is 463. The molecule has 0 bridgehead atoms. The van der Waals surface area contributed by atoms with Crippen molar-refractivity contribution in [2.24, 2.45) is 11.8 Å². The molecule has 2 aliphatic heterocycles. The van der Waals surface area contributed by atoms with Crippen molar-refractivity contribution < 1.29 is 4.42 Å². The van der Waals surface area contributed by atoms with Crippen LogP contribution in [0.25, 0.3) is 0 Å². The smallest absolute Gasteiger partial charge is 0.208 e. The standard InChI is InChI=1S/C16H27N3O/c1-5-13-12-7-17-6-11(12)9-19(13)10-15-18-8-14(20-15)16(2,3)4/h8,11-13,17H,5-7,9-10H2,1-4H3. The molecular weight excluding hydrogens is 250 g/mol. The third-order valence-electron chi connectivity index (χ3n) is 4.87. The summed E-state index contributed by atoms with van der Waals surface area (Å²) in [6.45, 7) is 13.2. The number of oxazole rings is 1. The third kappa shape index (κ3) is 2.51. The first-order valence-electron chi connectivity index (χ1n) is 7.89. The van der Waals surface area contributed by atoms with E-state index in [1.165, 1.54) is 26.1 Å². The van der Waals surface area contributed by atoms with Gasteiger partial charge in [0.15, 0.2) is 0 Å². The molecule has 1 N–H and O–H groups in total. The largest absolute Gasteiger partial charge is 0.444 e. The number of likely N-dealkylation sites (tertiary alicyclic amines) is 1. The van der Waals surface area contributed by atoms with Crippen molar-refractivity contribution in [1.82, 2.24) is 15.2 Å². The molecule has 3 unspecified atom stereocenters. The number of aromatic nitrogens is 1. The Morgan fingerprint density at radius 3 is 2.85 bits per heavy atom. The molecule has 4 heteroatoms. The first-order chi connectivity index (χ1) is 9.49. The highest BCUT2D eigenvalue weighted by Gasteiger charge is 2.43. The topological polar surface area (TPSA) is 41.3 Å². The van der Waals surface area contributed by atoms with Gasteiger partial charge in [-0.15, -0.1) is 0 Å². The van der Waals surface area contributed by atoms with Crippen LogP contribution in [-0.2, 0) is 12.0 Å². The summed E-state index contributed by atoms with van der Waals surface area (Å²) in [5, 5.41) is 3.53. The predicted octanol–water partition coefficient (Wildman–Crippen LogP) is 2.40. The fourth-order valence-electron chi connectivity index (χ4n) is 3.76. The van der Waals surface area contributed by atoms with E-state index in [1.807, 2.05) is 6.20 Å². The molecule has 1 aromatic heterocycles. The Balaban J connectivity index is 1.70. The SMILES string of the molecule is CCC1C2CNCC2CN1Cc1ncc(C(C)(C)C)o1. The van der Waals surface area contributed by atoms with E-state index in [2.05, 4.69) is 42.9 Å². The van der Waals surface area contributed by atoms with Crippen molar-refractivity contribution in [3.8, 4) is 0 Å². The zero-order chi connectivity index (χ0) is 14.3. The van der Waals surface area contributed by atoms with Crippen LogP contribution in [0.3, 0.4) is 0 Å². The lowest BCUT2D eigenvalue weighted by atomic mass is 9.93. The summed E-state index contributed by atoms with van der Waals surface area (Å²) in [6, 6.07) is 0.681. The average Bonchev–Trinajstić information content (AvgIpc) is 3.02. The second kappa shape index (κ2) is 5.15. The van der Waals surface area contributed by atoms with Crippen LogP contribution in [-0.4, -0.2) is 35.6 Å². The molecule has 3 rings (SSSR count). The maximum atomic E-state index is 5.96. The second-order valence-electron chi connectivity index (χ2n) is 7.36. The monoisotopic (exact) mass is 277 g/mol. The van der Waals surface area contributed by atoms with Crippen LogP contribution in [0.15, 0.2) is 10.6 Å². The number of fused-ring (bicyclic) bond motifs is 1. The summed E-state index contributed by atoms with van der Waals surface area (Å²) in [5.74, 6) is 3.50. The van der Waals surface area contributed by atoms with Crippen LogP contribution in [0.4, 0.5) is 0 Å². The van der Waals surface area contributed by atoms with Crippen LogP contribution in [0.2, 0.25) is 0 Å². The van der Waals surface area contributed by atoms with Crippen LogP contribution >= 0.6 is 0 Å². The fourth-order valence-corrected chi connectivity index (χ4v) is 3.76. The van der Waals surface area contributed by atoms with E-state index in [1.54, 1.807) is 0 Å². The summed E-state index contributed by atoms with van der Waals surface area (Å²) in [6.07, 6.45) is 3.12. The molecule has 2 aliphatic rings.